The monoisotopic (exact) mass is 528 g/mol. The van der Waals surface area contributed by atoms with Crippen LogP contribution in [0.15, 0.2) is 29.3 Å². The topological polar surface area (TPSA) is 130 Å². The van der Waals surface area contributed by atoms with Gasteiger partial charge in [0.05, 0.1) is 18.0 Å². The SMILES string of the molecule is CCC1(CC)CC(=O)N([C@H](CCOC)[C@@H]2C[C@H]2C(=O)NC2CC(C)(C)Oc3ccccc32)C(NC(=O)O)=N1. The number of para-hydroxylation sites is 1. The predicted molar refractivity (Wildman–Crippen MR) is 142 cm³/mol. The number of hydrogen-bond acceptors (Lipinski definition) is 6. The first-order valence-corrected chi connectivity index (χ1v) is 13.5. The number of nitrogens with zero attached hydrogens (tertiary/aromatic N) is 2. The Labute approximate surface area is 224 Å². The van der Waals surface area contributed by atoms with Crippen molar-refractivity contribution in [2.24, 2.45) is 16.8 Å². The third-order valence-electron chi connectivity index (χ3n) is 8.17. The summed E-state index contributed by atoms with van der Waals surface area (Å²) in [5, 5.41) is 15.1. The van der Waals surface area contributed by atoms with Gasteiger partial charge in [-0.3, -0.25) is 19.8 Å². The van der Waals surface area contributed by atoms with E-state index in [1.807, 2.05) is 52.0 Å². The fourth-order valence-corrected chi connectivity index (χ4v) is 5.91. The Morgan fingerprint density at radius 3 is 2.63 bits per heavy atom. The maximum Gasteiger partial charge on any atom is 0.411 e. The van der Waals surface area contributed by atoms with Gasteiger partial charge >= 0.3 is 6.09 Å². The van der Waals surface area contributed by atoms with Crippen LogP contribution in [0.3, 0.4) is 0 Å². The highest BCUT2D eigenvalue weighted by molar-refractivity contribution is 6.05. The lowest BCUT2D eigenvalue weighted by Gasteiger charge is -2.41. The van der Waals surface area contributed by atoms with Crippen molar-refractivity contribution in [2.45, 2.75) is 89.4 Å². The fraction of sp³-hybridized carbons (Fsp3) is 0.643. The van der Waals surface area contributed by atoms with E-state index in [0.717, 1.165) is 11.3 Å². The normalized spacial score (nSPS) is 25.9. The van der Waals surface area contributed by atoms with Crippen LogP contribution in [0, 0.1) is 11.8 Å². The smallest absolute Gasteiger partial charge is 0.411 e. The van der Waals surface area contributed by atoms with Crippen LogP contribution in [-0.2, 0) is 14.3 Å². The van der Waals surface area contributed by atoms with Gasteiger partial charge < -0.3 is 19.9 Å². The van der Waals surface area contributed by atoms with Gasteiger partial charge in [0, 0.05) is 37.7 Å². The van der Waals surface area contributed by atoms with Crippen molar-refractivity contribution in [1.82, 2.24) is 15.5 Å². The molecule has 1 unspecified atom stereocenters. The highest BCUT2D eigenvalue weighted by Gasteiger charge is 2.53. The van der Waals surface area contributed by atoms with Gasteiger partial charge in [-0.2, -0.15) is 0 Å². The van der Waals surface area contributed by atoms with Gasteiger partial charge in [-0.1, -0.05) is 32.0 Å². The molecule has 0 aromatic heterocycles. The molecular weight excluding hydrogens is 488 g/mol. The summed E-state index contributed by atoms with van der Waals surface area (Å²) in [7, 11) is 1.58. The molecule has 208 valence electrons. The molecule has 0 spiro atoms. The van der Waals surface area contributed by atoms with E-state index in [4.69, 9.17) is 14.5 Å². The van der Waals surface area contributed by atoms with Crippen LogP contribution in [0.25, 0.3) is 0 Å². The van der Waals surface area contributed by atoms with Crippen LogP contribution in [0.2, 0.25) is 0 Å². The molecule has 2 aliphatic heterocycles. The molecule has 0 bridgehead atoms. The van der Waals surface area contributed by atoms with Gasteiger partial charge in [0.25, 0.3) is 0 Å². The Kier molecular flexibility index (Phi) is 8.01. The Morgan fingerprint density at radius 2 is 1.97 bits per heavy atom. The molecule has 4 atom stereocenters. The summed E-state index contributed by atoms with van der Waals surface area (Å²) in [5.74, 6) is 0.144. The van der Waals surface area contributed by atoms with Gasteiger partial charge in [-0.15, -0.1) is 0 Å². The second kappa shape index (κ2) is 10.9. The minimum Gasteiger partial charge on any atom is -0.487 e. The van der Waals surface area contributed by atoms with Crippen molar-refractivity contribution < 1.29 is 29.0 Å². The maximum absolute atomic E-state index is 13.5. The molecule has 1 aromatic carbocycles. The molecular formula is C28H40N4O6. The summed E-state index contributed by atoms with van der Waals surface area (Å²) in [4.78, 5) is 44.9. The van der Waals surface area contributed by atoms with E-state index in [0.29, 0.717) is 38.7 Å². The summed E-state index contributed by atoms with van der Waals surface area (Å²) in [5.41, 5.74) is -0.106. The molecule has 10 heteroatoms. The van der Waals surface area contributed by atoms with Crippen molar-refractivity contribution in [3.8, 4) is 5.75 Å². The number of methoxy groups -OCH3 is 1. The van der Waals surface area contributed by atoms with Crippen LogP contribution >= 0.6 is 0 Å². The highest BCUT2D eigenvalue weighted by atomic mass is 16.5. The summed E-state index contributed by atoms with van der Waals surface area (Å²) >= 11 is 0. The van der Waals surface area contributed by atoms with Gasteiger partial charge in [0.2, 0.25) is 17.8 Å². The quantitative estimate of drug-likeness (QED) is 0.446. The largest absolute Gasteiger partial charge is 0.487 e. The average molecular weight is 529 g/mol. The van der Waals surface area contributed by atoms with E-state index in [-0.39, 0.29) is 42.1 Å². The summed E-state index contributed by atoms with van der Waals surface area (Å²) in [6.07, 6.45) is 1.87. The van der Waals surface area contributed by atoms with Crippen molar-refractivity contribution in [2.75, 3.05) is 13.7 Å². The van der Waals surface area contributed by atoms with E-state index >= 15 is 0 Å². The highest BCUT2D eigenvalue weighted by Crippen LogP contribution is 2.47. The van der Waals surface area contributed by atoms with Crippen LogP contribution in [0.4, 0.5) is 4.79 Å². The Hall–Kier alpha value is -3.14. The third kappa shape index (κ3) is 5.80. The number of carbonyl (C=O) groups is 3. The molecule has 38 heavy (non-hydrogen) atoms. The predicted octanol–water partition coefficient (Wildman–Crippen LogP) is 3.86. The number of carboxylic acid groups (broad SMARTS) is 1. The van der Waals surface area contributed by atoms with Gasteiger partial charge in [0.1, 0.15) is 11.4 Å². The number of carbonyl (C=O) groups excluding carboxylic acids is 2. The molecule has 0 radical (unpaired) electrons. The number of fused-ring (bicyclic) bond motifs is 1. The van der Waals surface area contributed by atoms with E-state index in [2.05, 4.69) is 10.6 Å². The molecule has 0 saturated heterocycles. The zero-order chi connectivity index (χ0) is 27.7. The maximum atomic E-state index is 13.5. The second-order valence-corrected chi connectivity index (χ2v) is 11.3. The molecule has 1 saturated carbocycles. The third-order valence-corrected chi connectivity index (χ3v) is 8.17. The first-order chi connectivity index (χ1) is 18.0. The molecule has 3 aliphatic rings. The van der Waals surface area contributed by atoms with Crippen LogP contribution < -0.4 is 15.4 Å². The van der Waals surface area contributed by atoms with Gasteiger partial charge in [-0.05, 0) is 51.5 Å². The molecule has 1 aliphatic carbocycles. The standard InChI is InChI=1S/C28H40N4O6/c1-6-28(7-2)16-23(33)32(25(31-28)30-26(35)36)21(12-13-37-5)18-14-19(18)24(34)29-20-15-27(3,4)38-22-11-9-8-10-17(20)22/h8-11,18-21H,6-7,12-16H2,1-5H3,(H,29,34)(H,30,31)(H,35,36)/t18-,19-,20?,21-/m1/s1. The van der Waals surface area contributed by atoms with Crippen LogP contribution in [0.1, 0.15) is 77.8 Å². The number of hydrogen-bond donors (Lipinski definition) is 3. The van der Waals surface area contributed by atoms with E-state index < -0.39 is 23.3 Å². The molecule has 1 fully saturated rings. The molecule has 3 amide bonds. The fourth-order valence-electron chi connectivity index (χ4n) is 5.91. The minimum absolute atomic E-state index is 0.0460. The minimum atomic E-state index is -1.28. The number of aliphatic imine (C=N–C) groups is 1. The van der Waals surface area contributed by atoms with Gasteiger partial charge in [-0.25, -0.2) is 9.79 Å². The molecule has 1 aromatic rings. The van der Waals surface area contributed by atoms with Crippen molar-refractivity contribution in [3.63, 3.8) is 0 Å². The van der Waals surface area contributed by atoms with E-state index in [1.165, 1.54) is 4.90 Å². The summed E-state index contributed by atoms with van der Waals surface area (Å²) in [6.45, 7) is 8.29. The lowest BCUT2D eigenvalue weighted by molar-refractivity contribution is -0.133. The van der Waals surface area contributed by atoms with Crippen molar-refractivity contribution >= 4 is 23.9 Å². The lowest BCUT2D eigenvalue weighted by atomic mass is 9.87. The Morgan fingerprint density at radius 1 is 1.26 bits per heavy atom. The number of rotatable bonds is 9. The Bertz CT molecular complexity index is 1100. The second-order valence-electron chi connectivity index (χ2n) is 11.3. The molecule has 2 heterocycles. The zero-order valence-corrected chi connectivity index (χ0v) is 23.0. The molecule has 3 N–H and O–H groups in total. The lowest BCUT2D eigenvalue weighted by Crippen LogP contribution is -2.58. The van der Waals surface area contributed by atoms with Crippen LogP contribution in [0.5, 0.6) is 5.75 Å². The summed E-state index contributed by atoms with van der Waals surface area (Å²) < 4.78 is 11.4. The first kappa shape index (κ1) is 27.9. The number of guanidine groups is 1. The molecule has 10 nitrogen and oxygen atoms in total. The summed E-state index contributed by atoms with van der Waals surface area (Å²) in [6, 6.07) is 7.16. The van der Waals surface area contributed by atoms with E-state index in [1.54, 1.807) is 7.11 Å². The number of nitrogens with one attached hydrogen (secondary N) is 2. The molecule has 4 rings (SSSR count). The van der Waals surface area contributed by atoms with E-state index in [9.17, 15) is 19.5 Å². The van der Waals surface area contributed by atoms with Crippen molar-refractivity contribution in [1.29, 1.82) is 0 Å². The number of amides is 3. The first-order valence-electron chi connectivity index (χ1n) is 13.5. The Balaban J connectivity index is 1.56. The van der Waals surface area contributed by atoms with Gasteiger partial charge in [0.15, 0.2) is 0 Å². The van der Waals surface area contributed by atoms with Crippen molar-refractivity contribution in [3.05, 3.63) is 29.8 Å². The van der Waals surface area contributed by atoms with Crippen LogP contribution in [-0.4, -0.2) is 64.8 Å². The average Bonchev–Trinajstić information content (AvgIpc) is 3.65. The number of benzene rings is 1. The zero-order valence-electron chi connectivity index (χ0n) is 23.0. The number of ether oxygens (including phenoxy) is 2.